The van der Waals surface area contributed by atoms with Crippen LogP contribution in [0.4, 0.5) is 5.69 Å². The Labute approximate surface area is 106 Å². The summed E-state index contributed by atoms with van der Waals surface area (Å²) >= 11 is 0. The Morgan fingerprint density at radius 2 is 2.11 bits per heavy atom. The summed E-state index contributed by atoms with van der Waals surface area (Å²) in [7, 11) is 1.77. The van der Waals surface area contributed by atoms with Crippen molar-refractivity contribution in [3.8, 4) is 0 Å². The van der Waals surface area contributed by atoms with Crippen LogP contribution in [0.1, 0.15) is 23.8 Å². The number of anilines is 1. The molecule has 6 nitrogen and oxygen atoms in total. The third kappa shape index (κ3) is 4.40. The number of aromatic nitrogens is 1. The lowest BCUT2D eigenvalue weighted by Crippen LogP contribution is -2.31. The first-order valence-corrected chi connectivity index (χ1v) is 5.86. The monoisotopic (exact) mass is 250 g/mol. The summed E-state index contributed by atoms with van der Waals surface area (Å²) in [6.45, 7) is 2.75. The molecule has 0 saturated heterocycles. The molecule has 0 unspecified atom stereocenters. The lowest BCUT2D eigenvalue weighted by atomic mass is 10.3. The number of amides is 2. The third-order valence-corrected chi connectivity index (χ3v) is 2.29. The van der Waals surface area contributed by atoms with Gasteiger partial charge in [-0.05, 0) is 19.1 Å². The molecule has 1 rings (SSSR count). The quantitative estimate of drug-likeness (QED) is 0.681. The average Bonchev–Trinajstić information content (AvgIpc) is 2.39. The molecule has 0 atom stereocenters. The molecule has 18 heavy (non-hydrogen) atoms. The molecule has 1 heterocycles. The lowest BCUT2D eigenvalue weighted by molar-refractivity contribution is -0.120. The highest BCUT2D eigenvalue weighted by atomic mass is 16.2. The van der Waals surface area contributed by atoms with Gasteiger partial charge in [-0.15, -0.1) is 0 Å². The van der Waals surface area contributed by atoms with Crippen LogP contribution in [-0.2, 0) is 4.79 Å². The number of carbonyl (C=O) groups is 2. The van der Waals surface area contributed by atoms with E-state index in [0.717, 1.165) is 5.69 Å². The summed E-state index contributed by atoms with van der Waals surface area (Å²) in [4.78, 5) is 26.9. The molecule has 0 aromatic carbocycles. The minimum atomic E-state index is -0.281. The van der Waals surface area contributed by atoms with Gasteiger partial charge < -0.3 is 16.0 Å². The summed E-state index contributed by atoms with van der Waals surface area (Å²) in [5.74, 6) is -0.355. The van der Waals surface area contributed by atoms with Crippen molar-refractivity contribution in [2.45, 2.75) is 13.3 Å². The van der Waals surface area contributed by atoms with Gasteiger partial charge in [-0.3, -0.25) is 14.6 Å². The maximum absolute atomic E-state index is 11.7. The van der Waals surface area contributed by atoms with E-state index in [-0.39, 0.29) is 18.2 Å². The maximum Gasteiger partial charge on any atom is 0.269 e. The van der Waals surface area contributed by atoms with E-state index in [9.17, 15) is 9.59 Å². The molecule has 0 spiro atoms. The van der Waals surface area contributed by atoms with E-state index in [4.69, 9.17) is 0 Å². The van der Waals surface area contributed by atoms with Crippen LogP contribution in [0.15, 0.2) is 18.3 Å². The van der Waals surface area contributed by atoms with E-state index in [2.05, 4.69) is 20.9 Å². The lowest BCUT2D eigenvalue weighted by Gasteiger charge is -2.06. The van der Waals surface area contributed by atoms with Crippen molar-refractivity contribution in [1.82, 2.24) is 15.6 Å². The van der Waals surface area contributed by atoms with Crippen LogP contribution < -0.4 is 16.0 Å². The zero-order valence-electron chi connectivity index (χ0n) is 10.6. The molecule has 2 amide bonds. The highest BCUT2D eigenvalue weighted by Crippen LogP contribution is 2.06. The summed E-state index contributed by atoms with van der Waals surface area (Å²) in [5, 5.41) is 8.24. The van der Waals surface area contributed by atoms with E-state index in [1.54, 1.807) is 25.4 Å². The number of nitrogens with zero attached hydrogens (tertiary/aromatic N) is 1. The Balaban J connectivity index is 2.42. The molecule has 3 N–H and O–H groups in total. The highest BCUT2D eigenvalue weighted by molar-refractivity contribution is 5.93. The molecule has 6 heteroatoms. The zero-order valence-corrected chi connectivity index (χ0v) is 10.6. The van der Waals surface area contributed by atoms with Crippen LogP contribution in [0, 0.1) is 0 Å². The number of hydrogen-bond donors (Lipinski definition) is 3. The summed E-state index contributed by atoms with van der Waals surface area (Å²) in [5.41, 5.74) is 1.15. The van der Waals surface area contributed by atoms with Crippen LogP contribution in [-0.4, -0.2) is 36.9 Å². The first-order chi connectivity index (χ1) is 8.67. The Hall–Kier alpha value is -2.11. The van der Waals surface area contributed by atoms with Crippen molar-refractivity contribution in [3.05, 3.63) is 24.0 Å². The predicted molar refractivity (Wildman–Crippen MR) is 69.4 cm³/mol. The van der Waals surface area contributed by atoms with E-state index in [1.165, 1.54) is 0 Å². The minimum Gasteiger partial charge on any atom is -0.388 e. The fourth-order valence-electron chi connectivity index (χ4n) is 1.38. The van der Waals surface area contributed by atoms with Gasteiger partial charge in [-0.2, -0.15) is 0 Å². The Bertz CT molecular complexity index is 420. The fourth-order valence-corrected chi connectivity index (χ4v) is 1.38. The highest BCUT2D eigenvalue weighted by Gasteiger charge is 2.08. The molecular formula is C12H18N4O2. The van der Waals surface area contributed by atoms with Gasteiger partial charge in [-0.1, -0.05) is 0 Å². The van der Waals surface area contributed by atoms with Gasteiger partial charge in [0.05, 0.1) is 0 Å². The summed E-state index contributed by atoms with van der Waals surface area (Å²) in [6.07, 6.45) is 1.83. The van der Waals surface area contributed by atoms with Crippen LogP contribution in [0.25, 0.3) is 0 Å². The predicted octanol–water partition coefficient (Wildman–Crippen LogP) is 0.379. The first kappa shape index (κ1) is 14.0. The average molecular weight is 250 g/mol. The van der Waals surface area contributed by atoms with Gasteiger partial charge >= 0.3 is 0 Å². The Kier molecular flexibility index (Phi) is 5.63. The van der Waals surface area contributed by atoms with Crippen LogP contribution >= 0.6 is 0 Å². The van der Waals surface area contributed by atoms with Crippen molar-refractivity contribution in [2.75, 3.05) is 25.5 Å². The number of pyridine rings is 1. The van der Waals surface area contributed by atoms with Crippen LogP contribution in [0.5, 0.6) is 0 Å². The first-order valence-electron chi connectivity index (χ1n) is 5.86. The van der Waals surface area contributed by atoms with E-state index in [1.807, 2.05) is 6.92 Å². The van der Waals surface area contributed by atoms with Crippen molar-refractivity contribution >= 4 is 17.5 Å². The van der Waals surface area contributed by atoms with Gasteiger partial charge in [0.25, 0.3) is 5.91 Å². The number of rotatable bonds is 6. The number of hydrogen-bond acceptors (Lipinski definition) is 4. The van der Waals surface area contributed by atoms with Gasteiger partial charge in [0.15, 0.2) is 0 Å². The van der Waals surface area contributed by atoms with Gasteiger partial charge in [-0.25, -0.2) is 0 Å². The molecule has 0 fully saturated rings. The zero-order chi connectivity index (χ0) is 13.4. The minimum absolute atomic E-state index is 0.0743. The van der Waals surface area contributed by atoms with Crippen molar-refractivity contribution in [2.24, 2.45) is 0 Å². The third-order valence-electron chi connectivity index (χ3n) is 2.29. The second kappa shape index (κ2) is 7.26. The van der Waals surface area contributed by atoms with Crippen molar-refractivity contribution < 1.29 is 9.59 Å². The molecule has 98 valence electrons. The molecule has 1 aromatic heterocycles. The van der Waals surface area contributed by atoms with Gasteiger partial charge in [0.1, 0.15) is 5.69 Å². The SMILES string of the molecule is CCNC(=O)CCNC(=O)c1cc(NC)ccn1. The number of nitrogens with one attached hydrogen (secondary N) is 3. The largest absolute Gasteiger partial charge is 0.388 e. The molecule has 0 radical (unpaired) electrons. The molecule has 0 bridgehead atoms. The van der Waals surface area contributed by atoms with Gasteiger partial charge in [0.2, 0.25) is 5.91 Å². The topological polar surface area (TPSA) is 83.1 Å². The maximum atomic E-state index is 11.7. The number of carbonyl (C=O) groups excluding carboxylic acids is 2. The van der Waals surface area contributed by atoms with E-state index < -0.39 is 0 Å². The van der Waals surface area contributed by atoms with Crippen molar-refractivity contribution in [3.63, 3.8) is 0 Å². The van der Waals surface area contributed by atoms with Gasteiger partial charge in [0, 0.05) is 38.4 Å². The second-order valence-electron chi connectivity index (χ2n) is 3.64. The molecule has 0 saturated carbocycles. The molecule has 0 aliphatic heterocycles. The normalized spacial score (nSPS) is 9.67. The fraction of sp³-hybridized carbons (Fsp3) is 0.417. The van der Waals surface area contributed by atoms with Crippen LogP contribution in [0.3, 0.4) is 0 Å². The molecule has 0 aliphatic carbocycles. The summed E-state index contributed by atoms with van der Waals surface area (Å²) in [6, 6.07) is 3.42. The second-order valence-corrected chi connectivity index (χ2v) is 3.64. The van der Waals surface area contributed by atoms with Crippen LogP contribution in [0.2, 0.25) is 0 Å². The van der Waals surface area contributed by atoms with Crippen molar-refractivity contribution in [1.29, 1.82) is 0 Å². The Morgan fingerprint density at radius 3 is 2.78 bits per heavy atom. The van der Waals surface area contributed by atoms with E-state index >= 15 is 0 Å². The summed E-state index contributed by atoms with van der Waals surface area (Å²) < 4.78 is 0. The smallest absolute Gasteiger partial charge is 0.269 e. The molecular weight excluding hydrogens is 232 g/mol. The molecule has 0 aliphatic rings. The van der Waals surface area contributed by atoms with E-state index in [0.29, 0.717) is 18.8 Å². The standard InChI is InChI=1S/C12H18N4O2/c1-3-14-11(17)5-7-16-12(18)10-8-9(13-2)4-6-15-10/h4,6,8H,3,5,7H2,1-2H3,(H,13,15)(H,14,17)(H,16,18). The Morgan fingerprint density at radius 1 is 1.33 bits per heavy atom. The molecule has 1 aromatic rings.